The van der Waals surface area contributed by atoms with Gasteiger partial charge < -0.3 is 4.74 Å². The van der Waals surface area contributed by atoms with Gasteiger partial charge in [-0.2, -0.15) is 5.10 Å². The van der Waals surface area contributed by atoms with Gasteiger partial charge in [-0.3, -0.25) is 14.9 Å². The van der Waals surface area contributed by atoms with Crippen LogP contribution < -0.4 is 10.2 Å². The van der Waals surface area contributed by atoms with Crippen LogP contribution in [0.4, 0.5) is 5.69 Å². The molecule has 0 heterocycles. The Morgan fingerprint density at radius 2 is 2.00 bits per heavy atom. The number of hydrogen-bond donors (Lipinski definition) is 1. The van der Waals surface area contributed by atoms with Crippen molar-refractivity contribution in [2.75, 3.05) is 6.61 Å². The number of rotatable bonds is 7. The number of ether oxygens (including phenoxy) is 1. The summed E-state index contributed by atoms with van der Waals surface area (Å²) in [6.45, 7) is 4.79. The van der Waals surface area contributed by atoms with E-state index in [0.717, 1.165) is 11.3 Å². The maximum atomic E-state index is 11.9. The number of nitro groups is 1. The molecule has 0 aromatic heterocycles. The molecule has 0 unspecified atom stereocenters. The number of nitrogens with zero attached hydrogens (tertiary/aromatic N) is 2. The molecular weight excluding hydrogens is 322 g/mol. The molecular formula is C18H19N3O4. The van der Waals surface area contributed by atoms with Crippen molar-refractivity contribution in [3.05, 3.63) is 69.8 Å². The third-order valence-electron chi connectivity index (χ3n) is 3.16. The summed E-state index contributed by atoms with van der Waals surface area (Å²) in [6.07, 6.45) is 1.49. The third kappa shape index (κ3) is 5.72. The van der Waals surface area contributed by atoms with Crippen LogP contribution in [0.1, 0.15) is 29.8 Å². The van der Waals surface area contributed by atoms with Gasteiger partial charge >= 0.3 is 0 Å². The van der Waals surface area contributed by atoms with E-state index in [1.807, 2.05) is 24.3 Å². The Balaban J connectivity index is 1.93. The van der Waals surface area contributed by atoms with Crippen LogP contribution in [-0.2, 0) is 0 Å². The second-order valence-corrected chi connectivity index (χ2v) is 5.78. The number of carbonyl (C=O) groups excluding carboxylic acids is 1. The van der Waals surface area contributed by atoms with E-state index in [2.05, 4.69) is 24.4 Å². The lowest BCUT2D eigenvalue weighted by atomic mass is 10.2. The zero-order valence-electron chi connectivity index (χ0n) is 14.0. The largest absolute Gasteiger partial charge is 0.493 e. The van der Waals surface area contributed by atoms with E-state index < -0.39 is 10.8 Å². The van der Waals surface area contributed by atoms with E-state index >= 15 is 0 Å². The SMILES string of the molecule is CC(C)COc1ccc(/C=N\NC(=O)c2cccc([N+](=O)[O-])c2)cc1. The lowest BCUT2D eigenvalue weighted by Gasteiger charge is -2.08. The van der Waals surface area contributed by atoms with Gasteiger partial charge in [-0.05, 0) is 41.8 Å². The van der Waals surface area contributed by atoms with E-state index in [1.165, 1.54) is 30.5 Å². The highest BCUT2D eigenvalue weighted by molar-refractivity contribution is 5.95. The van der Waals surface area contributed by atoms with Crippen molar-refractivity contribution in [3.8, 4) is 5.75 Å². The molecule has 25 heavy (non-hydrogen) atoms. The minimum Gasteiger partial charge on any atom is -0.493 e. The van der Waals surface area contributed by atoms with Crippen LogP contribution in [0.3, 0.4) is 0 Å². The Morgan fingerprint density at radius 1 is 1.28 bits per heavy atom. The first-order valence-electron chi connectivity index (χ1n) is 7.76. The molecule has 0 aliphatic carbocycles. The van der Waals surface area contributed by atoms with Gasteiger partial charge in [0.2, 0.25) is 0 Å². The van der Waals surface area contributed by atoms with Crippen LogP contribution in [0.15, 0.2) is 53.6 Å². The number of hydrazone groups is 1. The summed E-state index contributed by atoms with van der Waals surface area (Å²) in [5.74, 6) is 0.702. The number of non-ortho nitro benzene ring substituents is 1. The number of benzene rings is 2. The van der Waals surface area contributed by atoms with E-state index in [0.29, 0.717) is 12.5 Å². The van der Waals surface area contributed by atoms with Crippen molar-refractivity contribution in [2.45, 2.75) is 13.8 Å². The summed E-state index contributed by atoms with van der Waals surface area (Å²) in [5, 5.41) is 14.6. The highest BCUT2D eigenvalue weighted by Crippen LogP contribution is 2.13. The fraction of sp³-hybridized carbons (Fsp3) is 0.222. The number of carbonyl (C=O) groups is 1. The van der Waals surface area contributed by atoms with Gasteiger partial charge in [0.15, 0.2) is 0 Å². The number of amides is 1. The van der Waals surface area contributed by atoms with Crippen molar-refractivity contribution in [1.82, 2.24) is 5.43 Å². The highest BCUT2D eigenvalue weighted by Gasteiger charge is 2.10. The lowest BCUT2D eigenvalue weighted by molar-refractivity contribution is -0.384. The Labute approximate surface area is 145 Å². The molecule has 130 valence electrons. The quantitative estimate of drug-likeness (QED) is 0.474. The van der Waals surface area contributed by atoms with Gasteiger partial charge in [-0.25, -0.2) is 5.43 Å². The van der Waals surface area contributed by atoms with E-state index in [1.54, 1.807) is 0 Å². The fourth-order valence-electron chi connectivity index (χ4n) is 1.90. The second-order valence-electron chi connectivity index (χ2n) is 5.78. The zero-order chi connectivity index (χ0) is 18.2. The summed E-state index contributed by atoms with van der Waals surface area (Å²) >= 11 is 0. The summed E-state index contributed by atoms with van der Waals surface area (Å²) in [6, 6.07) is 12.7. The minimum absolute atomic E-state index is 0.145. The highest BCUT2D eigenvalue weighted by atomic mass is 16.6. The molecule has 0 atom stereocenters. The molecule has 0 saturated heterocycles. The molecule has 1 N–H and O–H groups in total. The Kier molecular flexibility index (Phi) is 6.22. The van der Waals surface area contributed by atoms with Crippen molar-refractivity contribution in [3.63, 3.8) is 0 Å². The van der Waals surface area contributed by atoms with Gasteiger partial charge in [0.05, 0.1) is 17.7 Å². The Morgan fingerprint density at radius 3 is 2.64 bits per heavy atom. The third-order valence-corrected chi connectivity index (χ3v) is 3.16. The molecule has 2 aromatic rings. The van der Waals surface area contributed by atoms with Gasteiger partial charge in [-0.1, -0.05) is 19.9 Å². The standard InChI is InChI=1S/C18H19N3O4/c1-13(2)12-25-17-8-6-14(7-9-17)11-19-20-18(22)15-4-3-5-16(10-15)21(23)24/h3-11,13H,12H2,1-2H3,(H,20,22)/b19-11-. The number of nitrogens with one attached hydrogen (secondary N) is 1. The molecule has 0 aliphatic heterocycles. The molecule has 0 saturated carbocycles. The maximum absolute atomic E-state index is 11.9. The summed E-state index contributed by atoms with van der Waals surface area (Å²) in [5.41, 5.74) is 3.16. The molecule has 0 bridgehead atoms. The summed E-state index contributed by atoms with van der Waals surface area (Å²) < 4.78 is 5.58. The van der Waals surface area contributed by atoms with E-state index in [-0.39, 0.29) is 11.3 Å². The molecule has 0 spiro atoms. The Bertz CT molecular complexity index is 770. The van der Waals surface area contributed by atoms with Crippen LogP contribution in [0.2, 0.25) is 0 Å². The smallest absolute Gasteiger partial charge is 0.271 e. The minimum atomic E-state index is -0.553. The normalized spacial score (nSPS) is 10.8. The van der Waals surface area contributed by atoms with E-state index in [9.17, 15) is 14.9 Å². The summed E-state index contributed by atoms with van der Waals surface area (Å²) in [4.78, 5) is 22.1. The van der Waals surface area contributed by atoms with Gasteiger partial charge in [0, 0.05) is 17.7 Å². The predicted molar refractivity (Wildman–Crippen MR) is 94.9 cm³/mol. The van der Waals surface area contributed by atoms with Gasteiger partial charge in [-0.15, -0.1) is 0 Å². The summed E-state index contributed by atoms with van der Waals surface area (Å²) in [7, 11) is 0. The molecule has 7 heteroatoms. The average Bonchev–Trinajstić information content (AvgIpc) is 2.61. The van der Waals surface area contributed by atoms with E-state index in [4.69, 9.17) is 4.74 Å². The van der Waals surface area contributed by atoms with Crippen LogP contribution in [0.5, 0.6) is 5.75 Å². The maximum Gasteiger partial charge on any atom is 0.271 e. The van der Waals surface area contributed by atoms with Crippen LogP contribution in [-0.4, -0.2) is 23.7 Å². The number of nitro benzene ring substituents is 1. The fourth-order valence-corrected chi connectivity index (χ4v) is 1.90. The number of hydrogen-bond acceptors (Lipinski definition) is 5. The van der Waals surface area contributed by atoms with Gasteiger partial charge in [0.25, 0.3) is 11.6 Å². The average molecular weight is 341 g/mol. The van der Waals surface area contributed by atoms with Crippen LogP contribution in [0, 0.1) is 16.0 Å². The molecule has 2 rings (SSSR count). The first-order valence-corrected chi connectivity index (χ1v) is 7.76. The second kappa shape index (κ2) is 8.58. The predicted octanol–water partition coefficient (Wildman–Crippen LogP) is 3.39. The van der Waals surface area contributed by atoms with Crippen LogP contribution in [0.25, 0.3) is 0 Å². The molecule has 2 aromatic carbocycles. The van der Waals surface area contributed by atoms with Crippen molar-refractivity contribution in [2.24, 2.45) is 11.0 Å². The first kappa shape index (κ1) is 18.1. The topological polar surface area (TPSA) is 93.8 Å². The van der Waals surface area contributed by atoms with Crippen LogP contribution >= 0.6 is 0 Å². The zero-order valence-corrected chi connectivity index (χ0v) is 14.0. The van der Waals surface area contributed by atoms with Crippen molar-refractivity contribution in [1.29, 1.82) is 0 Å². The molecule has 7 nitrogen and oxygen atoms in total. The van der Waals surface area contributed by atoms with Crippen molar-refractivity contribution >= 4 is 17.8 Å². The molecule has 0 fully saturated rings. The van der Waals surface area contributed by atoms with Gasteiger partial charge in [0.1, 0.15) is 5.75 Å². The van der Waals surface area contributed by atoms with Crippen molar-refractivity contribution < 1.29 is 14.5 Å². The monoisotopic (exact) mass is 341 g/mol. The Hall–Kier alpha value is -3.22. The lowest BCUT2D eigenvalue weighted by Crippen LogP contribution is -2.17. The molecule has 0 aliphatic rings. The molecule has 1 amide bonds. The molecule has 0 radical (unpaired) electrons. The first-order chi connectivity index (χ1) is 12.0.